The third-order valence-electron chi connectivity index (χ3n) is 3.94. The van der Waals surface area contributed by atoms with E-state index in [2.05, 4.69) is 24.2 Å². The van der Waals surface area contributed by atoms with E-state index in [4.69, 9.17) is 10.3 Å². The maximum absolute atomic E-state index is 11.5. The first-order valence-electron chi connectivity index (χ1n) is 6.85. The lowest BCUT2D eigenvalue weighted by Crippen LogP contribution is -2.39. The molecule has 0 spiro atoms. The van der Waals surface area contributed by atoms with Crippen molar-refractivity contribution in [2.75, 3.05) is 6.54 Å². The van der Waals surface area contributed by atoms with Crippen LogP contribution in [0.5, 0.6) is 0 Å². The first-order chi connectivity index (χ1) is 9.01. The Hall–Kier alpha value is -1.33. The topological polar surface area (TPSA) is 71.5 Å². The van der Waals surface area contributed by atoms with Crippen molar-refractivity contribution < 1.29 is 9.21 Å². The van der Waals surface area contributed by atoms with E-state index >= 15 is 0 Å². The van der Waals surface area contributed by atoms with Gasteiger partial charge in [0.2, 0.25) is 0 Å². The van der Waals surface area contributed by atoms with E-state index in [9.17, 15) is 4.79 Å². The Labute approximate surface area is 114 Å². The molecule has 5 nitrogen and oxygen atoms in total. The molecule has 3 N–H and O–H groups in total. The van der Waals surface area contributed by atoms with Crippen LogP contribution in [-0.2, 0) is 6.54 Å². The van der Waals surface area contributed by atoms with Crippen molar-refractivity contribution in [1.82, 2.24) is 10.3 Å². The maximum atomic E-state index is 11.5. The summed E-state index contributed by atoms with van der Waals surface area (Å²) in [5, 5.41) is 0. The van der Waals surface area contributed by atoms with E-state index < -0.39 is 0 Å². The van der Waals surface area contributed by atoms with Crippen LogP contribution in [-0.4, -0.2) is 23.4 Å². The molecule has 1 fully saturated rings. The summed E-state index contributed by atoms with van der Waals surface area (Å²) in [5.74, 6) is 6.70. The predicted molar refractivity (Wildman–Crippen MR) is 73.4 cm³/mol. The Morgan fingerprint density at radius 2 is 2.32 bits per heavy atom. The first kappa shape index (κ1) is 14.1. The summed E-state index contributed by atoms with van der Waals surface area (Å²) in [6.07, 6.45) is 2.44. The van der Waals surface area contributed by atoms with E-state index in [1.165, 1.54) is 12.8 Å². The third kappa shape index (κ3) is 3.16. The Bertz CT molecular complexity index is 456. The minimum absolute atomic E-state index is 0.315. The van der Waals surface area contributed by atoms with E-state index in [1.54, 1.807) is 0 Å². The lowest BCUT2D eigenvalue weighted by molar-refractivity contribution is 0.0910. The fourth-order valence-corrected chi connectivity index (χ4v) is 2.81. The maximum Gasteiger partial charge on any atom is 0.301 e. The van der Waals surface area contributed by atoms with Crippen LogP contribution in [0.4, 0.5) is 0 Å². The molecule has 1 aromatic heterocycles. The van der Waals surface area contributed by atoms with Crippen molar-refractivity contribution in [3.05, 3.63) is 23.2 Å². The van der Waals surface area contributed by atoms with Crippen LogP contribution in [0.2, 0.25) is 0 Å². The zero-order chi connectivity index (χ0) is 14.0. The highest BCUT2D eigenvalue weighted by atomic mass is 16.4. The highest BCUT2D eigenvalue weighted by Gasteiger charge is 2.24. The van der Waals surface area contributed by atoms with Gasteiger partial charge in [-0.15, -0.1) is 0 Å². The number of piperidine rings is 1. The lowest BCUT2D eigenvalue weighted by atomic mass is 9.93. The Kier molecular flexibility index (Phi) is 4.27. The van der Waals surface area contributed by atoms with Gasteiger partial charge < -0.3 is 4.42 Å². The monoisotopic (exact) mass is 265 g/mol. The molecule has 1 saturated heterocycles. The number of rotatable bonds is 3. The second-order valence-corrected chi connectivity index (χ2v) is 5.65. The van der Waals surface area contributed by atoms with Crippen LogP contribution in [0.15, 0.2) is 10.5 Å². The number of furan rings is 1. The van der Waals surface area contributed by atoms with Crippen LogP contribution in [0.1, 0.15) is 48.6 Å². The molecule has 0 aliphatic carbocycles. The van der Waals surface area contributed by atoms with Crippen molar-refractivity contribution >= 4 is 5.91 Å². The van der Waals surface area contributed by atoms with E-state index in [-0.39, 0.29) is 5.91 Å². The number of nitrogen functional groups attached to an aromatic ring is 1. The number of amides is 1. The molecule has 2 heterocycles. The highest BCUT2D eigenvalue weighted by Crippen LogP contribution is 2.25. The molecule has 2 atom stereocenters. The molecular formula is C14H23N3O2. The zero-order valence-electron chi connectivity index (χ0n) is 11.9. The summed E-state index contributed by atoms with van der Waals surface area (Å²) in [6.45, 7) is 8.25. The summed E-state index contributed by atoms with van der Waals surface area (Å²) in [6, 6.07) is 2.48. The molecule has 1 aliphatic heterocycles. The van der Waals surface area contributed by atoms with Crippen molar-refractivity contribution in [2.45, 2.75) is 46.2 Å². The second-order valence-electron chi connectivity index (χ2n) is 5.65. The van der Waals surface area contributed by atoms with Crippen LogP contribution in [0.25, 0.3) is 0 Å². The van der Waals surface area contributed by atoms with Crippen molar-refractivity contribution in [2.24, 2.45) is 11.8 Å². The molecule has 0 saturated carbocycles. The van der Waals surface area contributed by atoms with Gasteiger partial charge in [-0.3, -0.25) is 15.1 Å². The molecule has 1 amide bonds. The number of hydrogen-bond donors (Lipinski definition) is 2. The summed E-state index contributed by atoms with van der Waals surface area (Å²) in [7, 11) is 0. The molecule has 1 aromatic rings. The quantitative estimate of drug-likeness (QED) is 0.497. The normalized spacial score (nSPS) is 24.4. The van der Waals surface area contributed by atoms with E-state index in [0.717, 1.165) is 30.3 Å². The average Bonchev–Trinajstić information content (AvgIpc) is 2.73. The predicted octanol–water partition coefficient (Wildman–Crippen LogP) is 1.81. The van der Waals surface area contributed by atoms with Gasteiger partial charge in [-0.05, 0) is 45.2 Å². The summed E-state index contributed by atoms with van der Waals surface area (Å²) < 4.78 is 5.61. The lowest BCUT2D eigenvalue weighted by Gasteiger charge is -2.35. The number of carbonyl (C=O) groups excluding carboxylic acids is 1. The second kappa shape index (κ2) is 5.75. The molecule has 106 valence electrons. The van der Waals surface area contributed by atoms with Gasteiger partial charge in [0.1, 0.15) is 5.76 Å². The Balaban J connectivity index is 2.05. The van der Waals surface area contributed by atoms with Crippen molar-refractivity contribution in [3.8, 4) is 0 Å². The molecule has 19 heavy (non-hydrogen) atoms. The molecule has 0 aromatic carbocycles. The minimum atomic E-state index is -0.371. The third-order valence-corrected chi connectivity index (χ3v) is 3.94. The van der Waals surface area contributed by atoms with E-state index in [0.29, 0.717) is 11.8 Å². The summed E-state index contributed by atoms with van der Waals surface area (Å²) >= 11 is 0. The standard InChI is InChI=1S/C14H23N3O2/c1-9-4-5-17(11(3)6-9)8-12-7-10(2)13(19-12)14(18)16-15/h7,9,11H,4-6,8,15H2,1-3H3,(H,16,18). The highest BCUT2D eigenvalue weighted by molar-refractivity contribution is 5.92. The number of aryl methyl sites for hydroxylation is 1. The van der Waals surface area contributed by atoms with Gasteiger partial charge in [0, 0.05) is 11.6 Å². The van der Waals surface area contributed by atoms with Gasteiger partial charge in [0.25, 0.3) is 0 Å². The van der Waals surface area contributed by atoms with Gasteiger partial charge in [-0.25, -0.2) is 5.84 Å². The summed E-state index contributed by atoms with van der Waals surface area (Å²) in [4.78, 5) is 13.9. The number of hydrogen-bond acceptors (Lipinski definition) is 4. The van der Waals surface area contributed by atoms with Crippen molar-refractivity contribution in [1.29, 1.82) is 0 Å². The number of nitrogens with two attached hydrogens (primary N) is 1. The first-order valence-corrected chi connectivity index (χ1v) is 6.85. The minimum Gasteiger partial charge on any atom is -0.454 e. The number of nitrogens with one attached hydrogen (secondary N) is 1. The van der Waals surface area contributed by atoms with Gasteiger partial charge in [-0.1, -0.05) is 6.92 Å². The van der Waals surface area contributed by atoms with Gasteiger partial charge in [0.15, 0.2) is 5.76 Å². The molecule has 5 heteroatoms. The largest absolute Gasteiger partial charge is 0.454 e. The van der Waals surface area contributed by atoms with Gasteiger partial charge in [0.05, 0.1) is 6.54 Å². The van der Waals surface area contributed by atoms with Gasteiger partial charge >= 0.3 is 5.91 Å². The molecule has 0 bridgehead atoms. The van der Waals surface area contributed by atoms with E-state index in [1.807, 2.05) is 13.0 Å². The Morgan fingerprint density at radius 3 is 2.95 bits per heavy atom. The van der Waals surface area contributed by atoms with Crippen molar-refractivity contribution in [3.63, 3.8) is 0 Å². The average molecular weight is 265 g/mol. The fourth-order valence-electron chi connectivity index (χ4n) is 2.81. The number of likely N-dealkylation sites (tertiary alicyclic amines) is 1. The number of hydrazine groups is 1. The number of nitrogens with zero attached hydrogens (tertiary/aromatic N) is 1. The molecule has 2 rings (SSSR count). The van der Waals surface area contributed by atoms with Crippen LogP contribution in [0.3, 0.4) is 0 Å². The summed E-state index contributed by atoms with van der Waals surface area (Å²) in [5.41, 5.74) is 2.94. The van der Waals surface area contributed by atoms with Crippen LogP contribution < -0.4 is 11.3 Å². The zero-order valence-corrected chi connectivity index (χ0v) is 11.9. The molecule has 1 aliphatic rings. The molecule has 0 radical (unpaired) electrons. The Morgan fingerprint density at radius 1 is 1.58 bits per heavy atom. The SMILES string of the molecule is Cc1cc(CN2CCC(C)CC2C)oc1C(=O)NN. The fraction of sp³-hybridized carbons (Fsp3) is 0.643. The molecule has 2 unspecified atom stereocenters. The van der Waals surface area contributed by atoms with Crippen LogP contribution in [0, 0.1) is 12.8 Å². The number of carbonyl (C=O) groups is 1. The van der Waals surface area contributed by atoms with Gasteiger partial charge in [-0.2, -0.15) is 0 Å². The smallest absolute Gasteiger partial charge is 0.301 e. The molecular weight excluding hydrogens is 242 g/mol. The van der Waals surface area contributed by atoms with Crippen LogP contribution >= 0.6 is 0 Å².